The Hall–Kier alpha value is -1.95. The minimum atomic E-state index is 0.488. The van der Waals surface area contributed by atoms with Crippen molar-refractivity contribution in [1.82, 2.24) is 9.97 Å². The summed E-state index contributed by atoms with van der Waals surface area (Å²) in [5.41, 5.74) is 7.51. The summed E-state index contributed by atoms with van der Waals surface area (Å²) in [7, 11) is 3.93. The third kappa shape index (κ3) is 3.29. The van der Waals surface area contributed by atoms with Gasteiger partial charge in [0.15, 0.2) is 5.75 Å². The first-order valence-corrected chi connectivity index (χ1v) is 6.93. The minimum absolute atomic E-state index is 0.488. The maximum Gasteiger partial charge on any atom is 0.223 e. The molecule has 0 radical (unpaired) electrons. The number of ether oxygens (including phenoxy) is 1. The zero-order chi connectivity index (χ0) is 13.8. The number of hydrogen-bond acceptors (Lipinski definition) is 6. The van der Waals surface area contributed by atoms with Gasteiger partial charge in [-0.1, -0.05) is 0 Å². The largest absolute Gasteiger partial charge is 0.437 e. The van der Waals surface area contributed by atoms with Crippen LogP contribution in [-0.2, 0) is 0 Å². The molecule has 1 aromatic carbocycles. The lowest BCUT2D eigenvalue weighted by Gasteiger charge is -2.15. The van der Waals surface area contributed by atoms with Crippen molar-refractivity contribution in [2.24, 2.45) is 0 Å². The summed E-state index contributed by atoms with van der Waals surface area (Å²) in [6.07, 6.45) is 3.43. The van der Waals surface area contributed by atoms with Gasteiger partial charge >= 0.3 is 0 Å². The third-order valence-corrected chi connectivity index (χ3v) is 3.20. The lowest BCUT2D eigenvalue weighted by atomic mass is 10.2. The lowest BCUT2D eigenvalue weighted by molar-refractivity contribution is 0.461. The van der Waals surface area contributed by atoms with Crippen LogP contribution < -0.4 is 15.4 Å². The van der Waals surface area contributed by atoms with Gasteiger partial charge in [0, 0.05) is 31.9 Å². The molecule has 0 amide bonds. The highest BCUT2D eigenvalue weighted by Crippen LogP contribution is 2.30. The average molecular weight is 276 g/mol. The van der Waals surface area contributed by atoms with Crippen molar-refractivity contribution < 1.29 is 4.74 Å². The van der Waals surface area contributed by atoms with E-state index >= 15 is 0 Å². The number of anilines is 2. The normalized spacial score (nSPS) is 10.3. The van der Waals surface area contributed by atoms with Crippen LogP contribution in [0.4, 0.5) is 11.4 Å². The van der Waals surface area contributed by atoms with Crippen molar-refractivity contribution in [2.75, 3.05) is 31.0 Å². The molecule has 1 aromatic heterocycles. The molecule has 2 N–H and O–H groups in total. The first-order valence-electron chi connectivity index (χ1n) is 5.71. The standard InChI is InChI=1S/C13H16N4OS/c1-17(2)9-4-5-10(14)11(6-9)18-12-7-13(19-3)16-8-15-12/h4-8H,14H2,1-3H3. The van der Waals surface area contributed by atoms with Crippen LogP contribution in [-0.4, -0.2) is 30.3 Å². The van der Waals surface area contributed by atoms with Crippen LogP contribution >= 0.6 is 11.8 Å². The molecule has 1 heterocycles. The van der Waals surface area contributed by atoms with Gasteiger partial charge in [-0.15, -0.1) is 11.8 Å². The topological polar surface area (TPSA) is 64.3 Å². The average Bonchev–Trinajstić information content (AvgIpc) is 2.41. The van der Waals surface area contributed by atoms with Crippen LogP contribution in [0.5, 0.6) is 11.6 Å². The molecular formula is C13H16N4OS. The van der Waals surface area contributed by atoms with Crippen LogP contribution in [0.25, 0.3) is 0 Å². The molecule has 0 aliphatic carbocycles. The second-order valence-electron chi connectivity index (χ2n) is 4.12. The Kier molecular flexibility index (Phi) is 4.11. The van der Waals surface area contributed by atoms with Crippen LogP contribution in [0.3, 0.4) is 0 Å². The summed E-state index contributed by atoms with van der Waals surface area (Å²) in [6.45, 7) is 0. The van der Waals surface area contributed by atoms with Crippen molar-refractivity contribution >= 4 is 23.1 Å². The molecule has 0 atom stereocenters. The van der Waals surface area contributed by atoms with E-state index in [-0.39, 0.29) is 0 Å². The summed E-state index contributed by atoms with van der Waals surface area (Å²) < 4.78 is 5.73. The summed E-state index contributed by atoms with van der Waals surface area (Å²) in [5, 5.41) is 0.854. The number of benzene rings is 1. The molecule has 0 aliphatic rings. The molecule has 0 saturated carbocycles. The second-order valence-corrected chi connectivity index (χ2v) is 4.94. The third-order valence-electron chi connectivity index (χ3n) is 2.55. The maximum absolute atomic E-state index is 5.92. The Morgan fingerprint density at radius 2 is 2.00 bits per heavy atom. The highest BCUT2D eigenvalue weighted by molar-refractivity contribution is 7.98. The van der Waals surface area contributed by atoms with E-state index in [2.05, 4.69) is 9.97 Å². The number of nitrogens with zero attached hydrogens (tertiary/aromatic N) is 3. The number of thioether (sulfide) groups is 1. The van der Waals surface area contributed by atoms with Crippen LogP contribution in [0, 0.1) is 0 Å². The van der Waals surface area contributed by atoms with E-state index in [1.165, 1.54) is 18.1 Å². The summed E-state index contributed by atoms with van der Waals surface area (Å²) in [5.74, 6) is 1.08. The minimum Gasteiger partial charge on any atom is -0.437 e. The molecule has 5 nitrogen and oxygen atoms in total. The van der Waals surface area contributed by atoms with Gasteiger partial charge in [-0.2, -0.15) is 0 Å². The number of rotatable bonds is 4. The van der Waals surface area contributed by atoms with Gasteiger partial charge in [0.05, 0.1) is 5.69 Å². The lowest BCUT2D eigenvalue weighted by Crippen LogP contribution is -2.08. The van der Waals surface area contributed by atoms with E-state index in [1.54, 1.807) is 6.07 Å². The van der Waals surface area contributed by atoms with Crippen molar-refractivity contribution in [3.8, 4) is 11.6 Å². The highest BCUT2D eigenvalue weighted by Gasteiger charge is 2.07. The van der Waals surface area contributed by atoms with Crippen LogP contribution in [0.2, 0.25) is 0 Å². The van der Waals surface area contributed by atoms with Gasteiger partial charge in [-0.3, -0.25) is 0 Å². The van der Waals surface area contributed by atoms with Crippen LogP contribution in [0.15, 0.2) is 35.6 Å². The number of nitrogen functional groups attached to an aromatic ring is 1. The van der Waals surface area contributed by atoms with Gasteiger partial charge in [0.25, 0.3) is 0 Å². The SMILES string of the molecule is CSc1cc(Oc2cc(N(C)C)ccc2N)ncn1. The van der Waals surface area contributed by atoms with Gasteiger partial charge in [0.1, 0.15) is 11.4 Å². The summed E-state index contributed by atoms with van der Waals surface area (Å²) in [4.78, 5) is 10.2. The Morgan fingerprint density at radius 3 is 2.68 bits per heavy atom. The molecule has 100 valence electrons. The summed E-state index contributed by atoms with van der Waals surface area (Å²) in [6, 6.07) is 7.43. The zero-order valence-electron chi connectivity index (χ0n) is 11.1. The van der Waals surface area contributed by atoms with Gasteiger partial charge < -0.3 is 15.4 Å². The summed E-state index contributed by atoms with van der Waals surface area (Å²) >= 11 is 1.54. The van der Waals surface area contributed by atoms with E-state index in [0.717, 1.165) is 10.7 Å². The van der Waals surface area contributed by atoms with Crippen LogP contribution in [0.1, 0.15) is 0 Å². The number of aromatic nitrogens is 2. The van der Waals surface area contributed by atoms with Gasteiger partial charge in [-0.25, -0.2) is 9.97 Å². The molecule has 0 saturated heterocycles. The fourth-order valence-electron chi connectivity index (χ4n) is 1.49. The molecule has 0 fully saturated rings. The molecule has 0 aliphatic heterocycles. The Balaban J connectivity index is 2.29. The van der Waals surface area contributed by atoms with E-state index < -0.39 is 0 Å². The predicted octanol–water partition coefficient (Wildman–Crippen LogP) is 2.64. The van der Waals surface area contributed by atoms with Crippen molar-refractivity contribution in [1.29, 1.82) is 0 Å². The Bertz CT molecular complexity index is 574. The molecule has 0 spiro atoms. The quantitative estimate of drug-likeness (QED) is 0.526. The van der Waals surface area contributed by atoms with Crippen molar-refractivity contribution in [3.63, 3.8) is 0 Å². The molecule has 19 heavy (non-hydrogen) atoms. The predicted molar refractivity (Wildman–Crippen MR) is 79.1 cm³/mol. The van der Waals surface area contributed by atoms with Gasteiger partial charge in [-0.05, 0) is 18.4 Å². The molecular weight excluding hydrogens is 260 g/mol. The number of hydrogen-bond donors (Lipinski definition) is 1. The van der Waals surface area contributed by atoms with Crippen molar-refractivity contribution in [2.45, 2.75) is 5.03 Å². The van der Waals surface area contributed by atoms with E-state index in [0.29, 0.717) is 17.3 Å². The zero-order valence-corrected chi connectivity index (χ0v) is 11.9. The van der Waals surface area contributed by atoms with Gasteiger partial charge in [0.2, 0.25) is 5.88 Å². The first kappa shape index (κ1) is 13.5. The van der Waals surface area contributed by atoms with E-state index in [4.69, 9.17) is 10.5 Å². The van der Waals surface area contributed by atoms with E-state index in [1.807, 2.05) is 43.5 Å². The second kappa shape index (κ2) is 5.79. The Morgan fingerprint density at radius 1 is 1.21 bits per heavy atom. The highest BCUT2D eigenvalue weighted by atomic mass is 32.2. The molecule has 2 aromatic rings. The fraction of sp³-hybridized carbons (Fsp3) is 0.231. The first-order chi connectivity index (χ1) is 9.10. The fourth-order valence-corrected chi connectivity index (χ4v) is 1.86. The molecule has 0 unspecified atom stereocenters. The smallest absolute Gasteiger partial charge is 0.223 e. The molecule has 2 rings (SSSR count). The Labute approximate surface area is 116 Å². The van der Waals surface area contributed by atoms with E-state index in [9.17, 15) is 0 Å². The van der Waals surface area contributed by atoms with Crippen molar-refractivity contribution in [3.05, 3.63) is 30.6 Å². The molecule has 0 bridgehead atoms. The number of nitrogens with two attached hydrogens (primary N) is 1. The monoisotopic (exact) mass is 276 g/mol. The molecule has 6 heteroatoms. The maximum atomic E-state index is 5.92.